The number of carbonyl (C=O) groups excluding carboxylic acids is 1. The summed E-state index contributed by atoms with van der Waals surface area (Å²) >= 11 is 0. The van der Waals surface area contributed by atoms with Gasteiger partial charge in [0.25, 0.3) is 0 Å². The van der Waals surface area contributed by atoms with E-state index in [2.05, 4.69) is 5.32 Å². The maximum Gasteiger partial charge on any atom is 0.220 e. The third kappa shape index (κ3) is 3.45. The van der Waals surface area contributed by atoms with Gasteiger partial charge < -0.3 is 19.5 Å². The molecule has 5 nitrogen and oxygen atoms in total. The van der Waals surface area contributed by atoms with Crippen LogP contribution in [0.15, 0.2) is 12.1 Å². The fraction of sp³-hybridized carbons (Fsp3) is 0.632. The maximum absolute atomic E-state index is 12.3. The van der Waals surface area contributed by atoms with Gasteiger partial charge in [-0.25, -0.2) is 0 Å². The minimum atomic E-state index is 0.140. The molecule has 5 heteroatoms. The number of amides is 1. The topological polar surface area (TPSA) is 56.8 Å². The molecule has 2 bridgehead atoms. The Bertz CT molecular complexity index is 576. The number of ether oxygens (including phenoxy) is 3. The lowest BCUT2D eigenvalue weighted by molar-refractivity contribution is -0.122. The Balaban J connectivity index is 1.58. The van der Waals surface area contributed by atoms with Gasteiger partial charge in [0.15, 0.2) is 11.5 Å². The number of nitrogens with one attached hydrogen (secondary N) is 1. The van der Waals surface area contributed by atoms with Gasteiger partial charge in [-0.1, -0.05) is 6.42 Å². The Hall–Kier alpha value is -1.91. The smallest absolute Gasteiger partial charge is 0.220 e. The second-order valence-electron chi connectivity index (χ2n) is 6.95. The monoisotopic (exact) mass is 333 g/mol. The highest BCUT2D eigenvalue weighted by molar-refractivity contribution is 5.76. The van der Waals surface area contributed by atoms with E-state index in [0.29, 0.717) is 36.1 Å². The fourth-order valence-electron chi connectivity index (χ4n) is 4.37. The predicted molar refractivity (Wildman–Crippen MR) is 91.5 cm³/mol. The number of carbonyl (C=O) groups is 1. The van der Waals surface area contributed by atoms with E-state index in [1.807, 2.05) is 12.1 Å². The third-order valence-corrected chi connectivity index (χ3v) is 5.55. The van der Waals surface area contributed by atoms with Gasteiger partial charge in [-0.3, -0.25) is 4.79 Å². The van der Waals surface area contributed by atoms with Gasteiger partial charge in [0, 0.05) is 13.0 Å². The van der Waals surface area contributed by atoms with Gasteiger partial charge in [0.2, 0.25) is 11.7 Å². The average molecular weight is 333 g/mol. The zero-order valence-corrected chi connectivity index (χ0v) is 14.8. The first-order valence-corrected chi connectivity index (χ1v) is 8.70. The third-order valence-electron chi connectivity index (χ3n) is 5.55. The molecule has 3 atom stereocenters. The number of rotatable bonds is 7. The predicted octanol–water partition coefficient (Wildman–Crippen LogP) is 3.15. The molecule has 1 N–H and O–H groups in total. The largest absolute Gasteiger partial charge is 0.493 e. The summed E-state index contributed by atoms with van der Waals surface area (Å²) in [6, 6.07) is 3.75. The summed E-state index contributed by atoms with van der Waals surface area (Å²) in [5.41, 5.74) is 0.936. The molecule has 2 saturated carbocycles. The van der Waals surface area contributed by atoms with Crippen LogP contribution in [0.3, 0.4) is 0 Å². The molecular weight excluding hydrogens is 306 g/mol. The summed E-state index contributed by atoms with van der Waals surface area (Å²) in [5, 5.41) is 3.03. The van der Waals surface area contributed by atoms with E-state index in [-0.39, 0.29) is 5.91 Å². The molecule has 132 valence electrons. The summed E-state index contributed by atoms with van der Waals surface area (Å²) in [6.45, 7) is 0.469. The van der Waals surface area contributed by atoms with E-state index < -0.39 is 0 Å². The normalized spacial score (nSPS) is 24.7. The number of fused-ring (bicyclic) bond motifs is 2. The minimum Gasteiger partial charge on any atom is -0.493 e. The molecule has 0 aliphatic heterocycles. The molecule has 0 aromatic heterocycles. The van der Waals surface area contributed by atoms with Gasteiger partial charge >= 0.3 is 0 Å². The van der Waals surface area contributed by atoms with Crippen LogP contribution in [0.4, 0.5) is 0 Å². The van der Waals surface area contributed by atoms with E-state index in [1.54, 1.807) is 21.3 Å². The van der Waals surface area contributed by atoms with Crippen LogP contribution in [0.2, 0.25) is 0 Å². The Labute approximate surface area is 143 Å². The van der Waals surface area contributed by atoms with Crippen molar-refractivity contribution in [3.8, 4) is 17.2 Å². The van der Waals surface area contributed by atoms with Crippen molar-refractivity contribution in [2.45, 2.75) is 38.6 Å². The van der Waals surface area contributed by atoms with Crippen LogP contribution in [-0.2, 0) is 11.3 Å². The van der Waals surface area contributed by atoms with Gasteiger partial charge in [0.1, 0.15) is 0 Å². The van der Waals surface area contributed by atoms with Crippen molar-refractivity contribution in [2.75, 3.05) is 21.3 Å². The standard InChI is InChI=1S/C19H27NO4/c1-22-16-8-13(9-17(23-2)19(16)24-3)11-20-18(21)10-15-7-12-4-5-14(15)6-12/h8-9,12,14-15H,4-7,10-11H2,1-3H3,(H,20,21)/t12-,14+,15+/m0/s1. The minimum absolute atomic E-state index is 0.140. The summed E-state index contributed by atoms with van der Waals surface area (Å²) < 4.78 is 16.0. The lowest BCUT2D eigenvalue weighted by atomic mass is 9.86. The van der Waals surface area contributed by atoms with Crippen molar-refractivity contribution in [1.82, 2.24) is 5.32 Å². The molecule has 2 aliphatic carbocycles. The second-order valence-corrected chi connectivity index (χ2v) is 6.95. The van der Waals surface area contributed by atoms with Crippen LogP contribution in [0.25, 0.3) is 0 Å². The average Bonchev–Trinajstić information content (AvgIpc) is 3.21. The van der Waals surface area contributed by atoms with Gasteiger partial charge in [0.05, 0.1) is 21.3 Å². The first-order chi connectivity index (χ1) is 11.6. The van der Waals surface area contributed by atoms with Gasteiger partial charge in [-0.2, -0.15) is 0 Å². The first-order valence-electron chi connectivity index (χ1n) is 8.70. The molecule has 2 fully saturated rings. The van der Waals surface area contributed by atoms with Crippen molar-refractivity contribution < 1.29 is 19.0 Å². The Morgan fingerprint density at radius 2 is 1.79 bits per heavy atom. The van der Waals surface area contributed by atoms with Crippen molar-refractivity contribution in [3.63, 3.8) is 0 Å². The molecule has 24 heavy (non-hydrogen) atoms. The summed E-state index contributed by atoms with van der Waals surface area (Å²) in [4.78, 5) is 12.3. The van der Waals surface area contributed by atoms with Crippen molar-refractivity contribution in [2.24, 2.45) is 17.8 Å². The van der Waals surface area contributed by atoms with Crippen LogP contribution in [0.5, 0.6) is 17.2 Å². The van der Waals surface area contributed by atoms with Crippen LogP contribution in [0.1, 0.15) is 37.7 Å². The molecule has 3 rings (SSSR count). The number of hydrogen-bond acceptors (Lipinski definition) is 4. The Morgan fingerprint density at radius 3 is 2.29 bits per heavy atom. The highest BCUT2D eigenvalue weighted by atomic mass is 16.5. The summed E-state index contributed by atoms with van der Waals surface area (Å²) in [5.74, 6) is 4.16. The van der Waals surface area contributed by atoms with Crippen molar-refractivity contribution >= 4 is 5.91 Å². The molecule has 0 saturated heterocycles. The van der Waals surface area contributed by atoms with E-state index in [0.717, 1.165) is 17.4 Å². The van der Waals surface area contributed by atoms with Crippen LogP contribution >= 0.6 is 0 Å². The molecule has 0 spiro atoms. The number of methoxy groups -OCH3 is 3. The highest BCUT2D eigenvalue weighted by Crippen LogP contribution is 2.49. The van der Waals surface area contributed by atoms with Gasteiger partial charge in [-0.05, 0) is 54.7 Å². The van der Waals surface area contributed by atoms with Crippen molar-refractivity contribution in [1.29, 1.82) is 0 Å². The van der Waals surface area contributed by atoms with E-state index in [4.69, 9.17) is 14.2 Å². The second kappa shape index (κ2) is 7.32. The SMILES string of the molecule is COc1cc(CNC(=O)C[C@H]2C[C@H]3CC[C@@H]2C3)cc(OC)c1OC. The Kier molecular flexibility index (Phi) is 5.17. The first kappa shape index (κ1) is 16.9. The molecular formula is C19H27NO4. The van der Waals surface area contributed by atoms with Crippen molar-refractivity contribution in [3.05, 3.63) is 17.7 Å². The summed E-state index contributed by atoms with van der Waals surface area (Å²) in [6.07, 6.45) is 5.92. The lowest BCUT2D eigenvalue weighted by Crippen LogP contribution is -2.27. The van der Waals surface area contributed by atoms with E-state index in [1.165, 1.54) is 25.7 Å². The zero-order valence-electron chi connectivity index (χ0n) is 14.8. The highest BCUT2D eigenvalue weighted by Gasteiger charge is 2.40. The van der Waals surface area contributed by atoms with E-state index >= 15 is 0 Å². The van der Waals surface area contributed by atoms with Crippen LogP contribution in [0, 0.1) is 17.8 Å². The fourth-order valence-corrected chi connectivity index (χ4v) is 4.37. The molecule has 0 unspecified atom stereocenters. The van der Waals surface area contributed by atoms with E-state index in [9.17, 15) is 4.79 Å². The summed E-state index contributed by atoms with van der Waals surface area (Å²) in [7, 11) is 4.76. The van der Waals surface area contributed by atoms with Gasteiger partial charge in [-0.15, -0.1) is 0 Å². The molecule has 0 radical (unpaired) electrons. The zero-order chi connectivity index (χ0) is 17.1. The number of hydrogen-bond donors (Lipinski definition) is 1. The number of benzene rings is 1. The molecule has 1 aromatic carbocycles. The molecule has 1 aromatic rings. The maximum atomic E-state index is 12.3. The lowest BCUT2D eigenvalue weighted by Gasteiger charge is -2.21. The molecule has 2 aliphatic rings. The Morgan fingerprint density at radius 1 is 1.08 bits per heavy atom. The van der Waals surface area contributed by atoms with Crippen LogP contribution in [-0.4, -0.2) is 27.2 Å². The molecule has 0 heterocycles. The quantitative estimate of drug-likeness (QED) is 0.833. The van der Waals surface area contributed by atoms with Crippen LogP contribution < -0.4 is 19.5 Å². The molecule has 1 amide bonds.